The Kier molecular flexibility index (Phi) is 4.02. The summed E-state index contributed by atoms with van der Waals surface area (Å²) in [5.74, 6) is 0.353. The van der Waals surface area contributed by atoms with Gasteiger partial charge >= 0.3 is 0 Å². The van der Waals surface area contributed by atoms with E-state index in [1.807, 2.05) is 25.2 Å². The van der Waals surface area contributed by atoms with Gasteiger partial charge in [-0.25, -0.2) is 8.42 Å². The standard InChI is InChI=1S/C15H23NO2S/c1-4-9-15(2,11-16-3)13-10-19(17,18)14-8-6-5-7-12(13)14/h5-8,13,16H,4,9-11H2,1-3H3. The average Bonchev–Trinajstić information content (AvgIpc) is 2.64. The minimum atomic E-state index is -3.10. The Morgan fingerprint density at radius 3 is 2.68 bits per heavy atom. The Labute approximate surface area is 116 Å². The third-order valence-corrected chi connectivity index (χ3v) is 6.07. The van der Waals surface area contributed by atoms with Crippen molar-refractivity contribution in [3.63, 3.8) is 0 Å². The van der Waals surface area contributed by atoms with E-state index in [1.54, 1.807) is 6.07 Å². The number of sulfone groups is 1. The second-order valence-electron chi connectivity index (χ2n) is 5.81. The van der Waals surface area contributed by atoms with Gasteiger partial charge in [0, 0.05) is 12.5 Å². The molecule has 2 atom stereocenters. The van der Waals surface area contributed by atoms with E-state index in [1.165, 1.54) is 0 Å². The third kappa shape index (κ3) is 2.56. The van der Waals surface area contributed by atoms with E-state index < -0.39 is 9.84 Å². The molecule has 1 aliphatic heterocycles. The van der Waals surface area contributed by atoms with Crippen LogP contribution in [0.4, 0.5) is 0 Å². The maximum atomic E-state index is 12.3. The molecule has 1 N–H and O–H groups in total. The highest BCUT2D eigenvalue weighted by Crippen LogP contribution is 2.47. The fourth-order valence-electron chi connectivity index (χ4n) is 3.39. The lowest BCUT2D eigenvalue weighted by Crippen LogP contribution is -2.36. The molecule has 0 amide bonds. The summed E-state index contributed by atoms with van der Waals surface area (Å²) < 4.78 is 24.6. The van der Waals surface area contributed by atoms with Crippen LogP contribution in [0.3, 0.4) is 0 Å². The van der Waals surface area contributed by atoms with Gasteiger partial charge in [-0.1, -0.05) is 38.5 Å². The van der Waals surface area contributed by atoms with Crippen LogP contribution in [0.25, 0.3) is 0 Å². The lowest BCUT2D eigenvalue weighted by Gasteiger charge is -2.35. The highest BCUT2D eigenvalue weighted by atomic mass is 32.2. The van der Waals surface area contributed by atoms with Crippen LogP contribution in [0.15, 0.2) is 29.2 Å². The van der Waals surface area contributed by atoms with Crippen molar-refractivity contribution in [2.45, 2.75) is 37.5 Å². The summed E-state index contributed by atoms with van der Waals surface area (Å²) >= 11 is 0. The van der Waals surface area contributed by atoms with Crippen molar-refractivity contribution in [3.05, 3.63) is 29.8 Å². The number of hydrogen-bond donors (Lipinski definition) is 1. The third-order valence-electron chi connectivity index (χ3n) is 4.26. The minimum absolute atomic E-state index is 0.0107. The summed E-state index contributed by atoms with van der Waals surface area (Å²) in [6.07, 6.45) is 2.10. The fraction of sp³-hybridized carbons (Fsp3) is 0.600. The molecule has 0 radical (unpaired) electrons. The summed E-state index contributed by atoms with van der Waals surface area (Å²) in [7, 11) is -1.17. The zero-order valence-corrected chi connectivity index (χ0v) is 12.8. The highest BCUT2D eigenvalue weighted by molar-refractivity contribution is 7.91. The Bertz CT molecular complexity index is 545. The van der Waals surface area contributed by atoms with E-state index in [0.717, 1.165) is 24.9 Å². The number of nitrogens with one attached hydrogen (secondary N) is 1. The average molecular weight is 281 g/mol. The van der Waals surface area contributed by atoms with Crippen LogP contribution in [-0.2, 0) is 9.84 Å². The van der Waals surface area contributed by atoms with Gasteiger partial charge in [0.15, 0.2) is 9.84 Å². The second-order valence-corrected chi connectivity index (χ2v) is 7.81. The smallest absolute Gasteiger partial charge is 0.179 e. The first-order valence-electron chi connectivity index (χ1n) is 6.91. The molecule has 0 fully saturated rings. The SMILES string of the molecule is CCCC(C)(CNC)C1CS(=O)(=O)c2ccccc21. The normalized spacial score (nSPS) is 23.8. The summed E-state index contributed by atoms with van der Waals surface area (Å²) in [6.45, 7) is 5.20. The molecule has 1 heterocycles. The largest absolute Gasteiger partial charge is 0.319 e. The van der Waals surface area contributed by atoms with Gasteiger partial charge in [-0.3, -0.25) is 0 Å². The summed E-state index contributed by atoms with van der Waals surface area (Å²) in [4.78, 5) is 0.540. The molecule has 1 aromatic carbocycles. The van der Waals surface area contributed by atoms with Gasteiger partial charge in [0.2, 0.25) is 0 Å². The molecule has 0 bridgehead atoms. The molecule has 19 heavy (non-hydrogen) atoms. The van der Waals surface area contributed by atoms with Crippen LogP contribution in [-0.4, -0.2) is 27.8 Å². The lowest BCUT2D eigenvalue weighted by molar-refractivity contribution is 0.238. The number of fused-ring (bicyclic) bond motifs is 1. The maximum absolute atomic E-state index is 12.3. The summed E-state index contributed by atoms with van der Waals surface area (Å²) in [6, 6.07) is 7.48. The minimum Gasteiger partial charge on any atom is -0.319 e. The van der Waals surface area contributed by atoms with E-state index in [4.69, 9.17) is 0 Å². The molecule has 0 saturated carbocycles. The van der Waals surface area contributed by atoms with Crippen molar-refractivity contribution in [3.8, 4) is 0 Å². The Hall–Kier alpha value is -0.870. The van der Waals surface area contributed by atoms with Crippen LogP contribution in [0, 0.1) is 5.41 Å². The monoisotopic (exact) mass is 281 g/mol. The molecule has 3 nitrogen and oxygen atoms in total. The van der Waals surface area contributed by atoms with E-state index >= 15 is 0 Å². The molecule has 2 unspecified atom stereocenters. The van der Waals surface area contributed by atoms with Crippen LogP contribution in [0.2, 0.25) is 0 Å². The Balaban J connectivity index is 2.47. The van der Waals surface area contributed by atoms with E-state index in [-0.39, 0.29) is 17.1 Å². The topological polar surface area (TPSA) is 46.2 Å². The van der Waals surface area contributed by atoms with Crippen LogP contribution < -0.4 is 5.32 Å². The number of hydrogen-bond acceptors (Lipinski definition) is 3. The van der Waals surface area contributed by atoms with E-state index in [0.29, 0.717) is 4.90 Å². The predicted octanol–water partition coefficient (Wildman–Crippen LogP) is 2.58. The van der Waals surface area contributed by atoms with Gasteiger partial charge in [0.25, 0.3) is 0 Å². The summed E-state index contributed by atoms with van der Waals surface area (Å²) in [5, 5.41) is 3.23. The number of rotatable bonds is 5. The summed E-state index contributed by atoms with van der Waals surface area (Å²) in [5.41, 5.74) is 0.997. The molecule has 4 heteroatoms. The van der Waals surface area contributed by atoms with Crippen molar-refractivity contribution in [2.75, 3.05) is 19.3 Å². The van der Waals surface area contributed by atoms with Crippen LogP contribution >= 0.6 is 0 Å². The maximum Gasteiger partial charge on any atom is 0.179 e. The van der Waals surface area contributed by atoms with Crippen molar-refractivity contribution in [1.82, 2.24) is 5.32 Å². The zero-order valence-electron chi connectivity index (χ0n) is 11.9. The first-order valence-corrected chi connectivity index (χ1v) is 8.56. The first-order chi connectivity index (χ1) is 8.94. The molecule has 2 rings (SSSR count). The van der Waals surface area contributed by atoms with Gasteiger partial charge < -0.3 is 5.32 Å². The first kappa shape index (κ1) is 14.5. The molecule has 0 aliphatic carbocycles. The zero-order chi connectivity index (χ0) is 14.1. The molecule has 1 aromatic rings. The van der Waals surface area contributed by atoms with Crippen molar-refractivity contribution in [1.29, 1.82) is 0 Å². The molecule has 0 spiro atoms. The van der Waals surface area contributed by atoms with E-state index in [9.17, 15) is 8.42 Å². The van der Waals surface area contributed by atoms with Crippen molar-refractivity contribution >= 4 is 9.84 Å². The lowest BCUT2D eigenvalue weighted by atomic mass is 9.71. The second kappa shape index (κ2) is 5.25. The van der Waals surface area contributed by atoms with Crippen molar-refractivity contribution < 1.29 is 8.42 Å². The molecule has 0 aromatic heterocycles. The highest BCUT2D eigenvalue weighted by Gasteiger charge is 2.44. The van der Waals surface area contributed by atoms with E-state index in [2.05, 4.69) is 19.2 Å². The Morgan fingerprint density at radius 2 is 2.05 bits per heavy atom. The molecular formula is C15H23NO2S. The predicted molar refractivity (Wildman–Crippen MR) is 78.2 cm³/mol. The van der Waals surface area contributed by atoms with Crippen LogP contribution in [0.1, 0.15) is 38.2 Å². The van der Waals surface area contributed by atoms with Crippen molar-refractivity contribution in [2.24, 2.45) is 5.41 Å². The van der Waals surface area contributed by atoms with Gasteiger partial charge in [0.05, 0.1) is 10.6 Å². The number of benzene rings is 1. The molecule has 0 saturated heterocycles. The quantitative estimate of drug-likeness (QED) is 0.902. The molecule has 106 valence electrons. The van der Waals surface area contributed by atoms with Gasteiger partial charge in [-0.2, -0.15) is 0 Å². The van der Waals surface area contributed by atoms with Gasteiger partial charge in [0.1, 0.15) is 0 Å². The molecular weight excluding hydrogens is 258 g/mol. The Morgan fingerprint density at radius 1 is 1.37 bits per heavy atom. The van der Waals surface area contributed by atoms with Crippen LogP contribution in [0.5, 0.6) is 0 Å². The molecule has 1 aliphatic rings. The van der Waals surface area contributed by atoms with Gasteiger partial charge in [-0.15, -0.1) is 0 Å². The fourth-order valence-corrected chi connectivity index (χ4v) is 5.44. The van der Waals surface area contributed by atoms with Gasteiger partial charge in [-0.05, 0) is 30.5 Å².